The Kier molecular flexibility index (Phi) is 3.43. The number of H-pyrrole nitrogens is 1. The van der Waals surface area contributed by atoms with Gasteiger partial charge in [0.15, 0.2) is 0 Å². The number of hydrogen-bond acceptors (Lipinski definition) is 4. The SMILES string of the molecule is CN1CC=C(c2cnc3[nH]cc(-c4cc5ccncc5s4)c3c2)CC1. The molecule has 25 heavy (non-hydrogen) atoms. The van der Waals surface area contributed by atoms with E-state index in [1.165, 1.54) is 37.0 Å². The van der Waals surface area contributed by atoms with Gasteiger partial charge < -0.3 is 9.88 Å². The molecule has 124 valence electrons. The van der Waals surface area contributed by atoms with Gasteiger partial charge in [-0.2, -0.15) is 0 Å². The summed E-state index contributed by atoms with van der Waals surface area (Å²) in [4.78, 5) is 15.8. The predicted octanol–water partition coefficient (Wildman–Crippen LogP) is 4.56. The molecule has 0 radical (unpaired) electrons. The molecule has 0 bridgehead atoms. The van der Waals surface area contributed by atoms with Gasteiger partial charge in [0.2, 0.25) is 0 Å². The Balaban J connectivity index is 1.63. The lowest BCUT2D eigenvalue weighted by molar-refractivity contribution is 0.370. The molecule has 5 rings (SSSR count). The molecule has 0 fully saturated rings. The number of thiophene rings is 1. The van der Waals surface area contributed by atoms with E-state index in [4.69, 9.17) is 0 Å². The van der Waals surface area contributed by atoms with Crippen LogP contribution in [0.3, 0.4) is 0 Å². The molecule has 0 saturated carbocycles. The first kappa shape index (κ1) is 14.8. The van der Waals surface area contributed by atoms with Gasteiger partial charge in [0.1, 0.15) is 5.65 Å². The first-order valence-corrected chi connectivity index (χ1v) is 9.28. The molecular formula is C20H18N4S. The van der Waals surface area contributed by atoms with Crippen LogP contribution in [-0.2, 0) is 0 Å². The summed E-state index contributed by atoms with van der Waals surface area (Å²) in [5.41, 5.74) is 4.81. The van der Waals surface area contributed by atoms with Crippen molar-refractivity contribution in [3.05, 3.63) is 54.6 Å². The normalized spacial score (nSPS) is 15.8. The van der Waals surface area contributed by atoms with Crippen molar-refractivity contribution in [3.8, 4) is 10.4 Å². The average Bonchev–Trinajstić information content (AvgIpc) is 3.25. The van der Waals surface area contributed by atoms with E-state index in [9.17, 15) is 0 Å². The van der Waals surface area contributed by atoms with Gasteiger partial charge in [0.05, 0.1) is 4.70 Å². The lowest BCUT2D eigenvalue weighted by Gasteiger charge is -2.21. The van der Waals surface area contributed by atoms with Gasteiger partial charge in [-0.15, -0.1) is 11.3 Å². The smallest absolute Gasteiger partial charge is 0.137 e. The monoisotopic (exact) mass is 346 g/mol. The van der Waals surface area contributed by atoms with Crippen LogP contribution in [0.25, 0.3) is 37.1 Å². The number of fused-ring (bicyclic) bond motifs is 2. The zero-order valence-electron chi connectivity index (χ0n) is 14.0. The third kappa shape index (κ3) is 2.56. The average molecular weight is 346 g/mol. The highest BCUT2D eigenvalue weighted by atomic mass is 32.1. The van der Waals surface area contributed by atoms with E-state index < -0.39 is 0 Å². The minimum atomic E-state index is 0.947. The van der Waals surface area contributed by atoms with Crippen molar-refractivity contribution in [2.45, 2.75) is 6.42 Å². The molecule has 0 aliphatic carbocycles. The molecule has 0 aromatic carbocycles. The molecule has 1 aliphatic rings. The number of aromatic amines is 1. The van der Waals surface area contributed by atoms with Crippen LogP contribution < -0.4 is 0 Å². The van der Waals surface area contributed by atoms with Crippen LogP contribution in [0.2, 0.25) is 0 Å². The molecule has 5 heteroatoms. The minimum absolute atomic E-state index is 0.947. The number of nitrogens with zero attached hydrogens (tertiary/aromatic N) is 3. The third-order valence-corrected chi connectivity index (χ3v) is 6.02. The maximum atomic E-state index is 4.66. The maximum absolute atomic E-state index is 4.66. The van der Waals surface area contributed by atoms with Crippen LogP contribution in [0.15, 0.2) is 49.1 Å². The van der Waals surface area contributed by atoms with Crippen LogP contribution in [0.4, 0.5) is 0 Å². The fraction of sp³-hybridized carbons (Fsp3) is 0.200. The lowest BCUT2D eigenvalue weighted by Crippen LogP contribution is -2.23. The minimum Gasteiger partial charge on any atom is -0.345 e. The molecule has 1 N–H and O–H groups in total. The summed E-state index contributed by atoms with van der Waals surface area (Å²) in [6.07, 6.45) is 11.3. The molecule has 0 atom stereocenters. The van der Waals surface area contributed by atoms with Crippen molar-refractivity contribution in [2.75, 3.05) is 20.1 Å². The number of pyridine rings is 2. The molecule has 4 aromatic rings. The number of rotatable bonds is 2. The quantitative estimate of drug-likeness (QED) is 0.579. The van der Waals surface area contributed by atoms with Gasteiger partial charge >= 0.3 is 0 Å². The Morgan fingerprint density at radius 2 is 2.20 bits per heavy atom. The van der Waals surface area contributed by atoms with E-state index in [0.717, 1.165) is 25.2 Å². The van der Waals surface area contributed by atoms with Crippen LogP contribution in [0, 0.1) is 0 Å². The molecule has 4 aromatic heterocycles. The van der Waals surface area contributed by atoms with Crippen molar-refractivity contribution in [1.29, 1.82) is 0 Å². The van der Waals surface area contributed by atoms with Gasteiger partial charge in [0.25, 0.3) is 0 Å². The zero-order valence-corrected chi connectivity index (χ0v) is 14.8. The van der Waals surface area contributed by atoms with Crippen LogP contribution in [-0.4, -0.2) is 40.0 Å². The van der Waals surface area contributed by atoms with Gasteiger partial charge in [-0.1, -0.05) is 6.08 Å². The Morgan fingerprint density at radius 3 is 3.04 bits per heavy atom. The topological polar surface area (TPSA) is 44.8 Å². The Bertz CT molecular complexity index is 1070. The van der Waals surface area contributed by atoms with Gasteiger partial charge in [-0.3, -0.25) is 4.98 Å². The zero-order chi connectivity index (χ0) is 16.8. The summed E-state index contributed by atoms with van der Waals surface area (Å²) in [7, 11) is 2.16. The summed E-state index contributed by atoms with van der Waals surface area (Å²) in [6, 6.07) is 6.59. The van der Waals surface area contributed by atoms with E-state index >= 15 is 0 Å². The number of nitrogens with one attached hydrogen (secondary N) is 1. The standard InChI is InChI=1S/C20H18N4S/c1-24-6-3-13(4-7-24)15-8-16-17(11-23-20(16)22-10-15)18-9-14-2-5-21-12-19(14)25-18/h2-3,5,8-12H,4,6-7H2,1H3,(H,22,23). The van der Waals surface area contributed by atoms with Crippen molar-refractivity contribution < 1.29 is 0 Å². The summed E-state index contributed by atoms with van der Waals surface area (Å²) in [5.74, 6) is 0. The van der Waals surface area contributed by atoms with Gasteiger partial charge in [-0.05, 0) is 48.2 Å². The number of likely N-dealkylation sites (N-methyl/N-ethyl adjacent to an activating group) is 1. The molecule has 0 unspecified atom stereocenters. The highest BCUT2D eigenvalue weighted by molar-refractivity contribution is 7.22. The highest BCUT2D eigenvalue weighted by Crippen LogP contribution is 2.37. The van der Waals surface area contributed by atoms with Crippen LogP contribution in [0.5, 0.6) is 0 Å². The molecule has 0 amide bonds. The fourth-order valence-corrected chi connectivity index (χ4v) is 4.49. The molecule has 0 saturated heterocycles. The van der Waals surface area contributed by atoms with Crippen LogP contribution in [0.1, 0.15) is 12.0 Å². The Hall–Kier alpha value is -2.50. The van der Waals surface area contributed by atoms with E-state index in [-0.39, 0.29) is 0 Å². The first-order chi connectivity index (χ1) is 12.3. The predicted molar refractivity (Wildman–Crippen MR) is 105 cm³/mol. The number of hydrogen-bond donors (Lipinski definition) is 1. The Labute approximate surface area is 149 Å². The van der Waals surface area contributed by atoms with E-state index in [0.29, 0.717) is 0 Å². The van der Waals surface area contributed by atoms with Crippen molar-refractivity contribution in [2.24, 2.45) is 0 Å². The number of aromatic nitrogens is 3. The third-order valence-electron chi connectivity index (χ3n) is 4.90. The Morgan fingerprint density at radius 1 is 1.24 bits per heavy atom. The molecule has 1 aliphatic heterocycles. The van der Waals surface area contributed by atoms with Crippen molar-refractivity contribution in [3.63, 3.8) is 0 Å². The second kappa shape index (κ2) is 5.79. The molecular weight excluding hydrogens is 328 g/mol. The first-order valence-electron chi connectivity index (χ1n) is 8.47. The largest absolute Gasteiger partial charge is 0.345 e. The fourth-order valence-electron chi connectivity index (χ4n) is 3.43. The second-order valence-electron chi connectivity index (χ2n) is 6.59. The molecule has 0 spiro atoms. The lowest BCUT2D eigenvalue weighted by atomic mass is 10.00. The second-order valence-corrected chi connectivity index (χ2v) is 7.67. The van der Waals surface area contributed by atoms with Crippen LogP contribution >= 0.6 is 11.3 Å². The van der Waals surface area contributed by atoms with E-state index in [2.05, 4.69) is 57.4 Å². The van der Waals surface area contributed by atoms with E-state index in [1.54, 1.807) is 11.3 Å². The van der Waals surface area contributed by atoms with Crippen molar-refractivity contribution >= 4 is 38.0 Å². The summed E-state index contributed by atoms with van der Waals surface area (Å²) in [6.45, 7) is 2.11. The van der Waals surface area contributed by atoms with Gasteiger partial charge in [-0.25, -0.2) is 4.98 Å². The van der Waals surface area contributed by atoms with Gasteiger partial charge in [0, 0.05) is 53.7 Å². The van der Waals surface area contributed by atoms with E-state index in [1.807, 2.05) is 18.6 Å². The molecule has 5 heterocycles. The highest BCUT2D eigenvalue weighted by Gasteiger charge is 2.14. The molecule has 4 nitrogen and oxygen atoms in total. The summed E-state index contributed by atoms with van der Waals surface area (Å²) < 4.78 is 1.22. The van der Waals surface area contributed by atoms with Crippen molar-refractivity contribution in [1.82, 2.24) is 19.9 Å². The summed E-state index contributed by atoms with van der Waals surface area (Å²) >= 11 is 1.78. The summed E-state index contributed by atoms with van der Waals surface area (Å²) in [5, 5.41) is 2.43. The maximum Gasteiger partial charge on any atom is 0.137 e.